The molecule has 1 saturated carbocycles. The Morgan fingerprint density at radius 1 is 1.26 bits per heavy atom. The number of hydrogen-bond acceptors (Lipinski definition) is 4. The fraction of sp³-hybridized carbons (Fsp3) is 0.923. The van der Waals surface area contributed by atoms with E-state index in [1.165, 1.54) is 0 Å². The Kier molecular flexibility index (Phi) is 4.20. The van der Waals surface area contributed by atoms with Crippen molar-refractivity contribution in [2.75, 3.05) is 12.3 Å². The summed E-state index contributed by atoms with van der Waals surface area (Å²) >= 11 is 0. The molecule has 110 valence electrons. The zero-order valence-corrected chi connectivity index (χ0v) is 12.5. The third kappa shape index (κ3) is 2.94. The monoisotopic (exact) mass is 288 g/mol. The number of rotatable bonds is 1. The van der Waals surface area contributed by atoms with E-state index in [4.69, 9.17) is 5.73 Å². The number of carbonyl (C=O) groups excluding carboxylic acids is 1. The van der Waals surface area contributed by atoms with Gasteiger partial charge >= 0.3 is 0 Å². The molecule has 0 aromatic carbocycles. The first-order valence-corrected chi connectivity index (χ1v) is 8.82. The second kappa shape index (κ2) is 5.40. The average Bonchev–Trinajstić information content (AvgIpc) is 2.36. The summed E-state index contributed by atoms with van der Waals surface area (Å²) in [7, 11) is -3.04. The normalized spacial score (nSPS) is 39.0. The molecule has 0 aromatic heterocycles. The van der Waals surface area contributed by atoms with Gasteiger partial charge in [0.05, 0.1) is 11.0 Å². The number of carbonyl (C=O) groups is 1. The molecule has 4 atom stereocenters. The highest BCUT2D eigenvalue weighted by atomic mass is 32.2. The average molecular weight is 288 g/mol. The summed E-state index contributed by atoms with van der Waals surface area (Å²) in [6.07, 6.45) is 3.61. The van der Waals surface area contributed by atoms with E-state index < -0.39 is 15.1 Å². The molecule has 19 heavy (non-hydrogen) atoms. The highest BCUT2D eigenvalue weighted by molar-refractivity contribution is 7.92. The van der Waals surface area contributed by atoms with Gasteiger partial charge in [-0.05, 0) is 33.1 Å². The van der Waals surface area contributed by atoms with E-state index in [0.717, 1.165) is 25.7 Å². The van der Waals surface area contributed by atoms with Gasteiger partial charge in [0.15, 0.2) is 9.84 Å². The molecule has 4 unspecified atom stereocenters. The van der Waals surface area contributed by atoms with Gasteiger partial charge in [0.25, 0.3) is 0 Å². The van der Waals surface area contributed by atoms with E-state index in [1.807, 2.05) is 6.92 Å². The standard InChI is InChI=1S/C13H24N2O3S/c1-9-10(2)19(17,18)7-6-15(9)13(16)11-4-3-5-12(14)8-11/h9-12H,3-8,14H2,1-2H3. The molecule has 6 heteroatoms. The van der Waals surface area contributed by atoms with Crippen molar-refractivity contribution in [2.45, 2.75) is 56.9 Å². The third-order valence-corrected chi connectivity index (χ3v) is 6.98. The van der Waals surface area contributed by atoms with Crippen molar-refractivity contribution in [3.8, 4) is 0 Å². The van der Waals surface area contributed by atoms with E-state index in [9.17, 15) is 13.2 Å². The third-order valence-electron chi connectivity index (χ3n) is 4.70. The van der Waals surface area contributed by atoms with Crippen molar-refractivity contribution in [2.24, 2.45) is 11.7 Å². The van der Waals surface area contributed by atoms with Crippen molar-refractivity contribution >= 4 is 15.7 Å². The number of sulfone groups is 1. The smallest absolute Gasteiger partial charge is 0.226 e. The van der Waals surface area contributed by atoms with Crippen LogP contribution in [0.4, 0.5) is 0 Å². The maximum absolute atomic E-state index is 12.5. The zero-order valence-electron chi connectivity index (χ0n) is 11.7. The van der Waals surface area contributed by atoms with Crippen LogP contribution in [0.2, 0.25) is 0 Å². The Labute approximate surface area is 115 Å². The maximum atomic E-state index is 12.5. The van der Waals surface area contributed by atoms with Gasteiger partial charge in [-0.3, -0.25) is 4.79 Å². The summed E-state index contributed by atoms with van der Waals surface area (Å²) in [5.74, 6) is 0.173. The highest BCUT2D eigenvalue weighted by Crippen LogP contribution is 2.28. The van der Waals surface area contributed by atoms with E-state index in [2.05, 4.69) is 0 Å². The van der Waals surface area contributed by atoms with Crippen molar-refractivity contribution < 1.29 is 13.2 Å². The van der Waals surface area contributed by atoms with E-state index in [1.54, 1.807) is 11.8 Å². The Morgan fingerprint density at radius 2 is 1.95 bits per heavy atom. The van der Waals surface area contributed by atoms with Crippen molar-refractivity contribution in [3.05, 3.63) is 0 Å². The summed E-state index contributed by atoms with van der Waals surface area (Å²) in [4.78, 5) is 14.3. The molecule has 0 radical (unpaired) electrons. The Morgan fingerprint density at radius 3 is 2.58 bits per heavy atom. The van der Waals surface area contributed by atoms with Crippen LogP contribution in [0.1, 0.15) is 39.5 Å². The fourth-order valence-corrected chi connectivity index (χ4v) is 4.74. The number of nitrogens with zero attached hydrogens (tertiary/aromatic N) is 1. The van der Waals surface area contributed by atoms with Gasteiger partial charge in [0.1, 0.15) is 0 Å². The minimum absolute atomic E-state index is 0.0146. The molecular weight excluding hydrogens is 264 g/mol. The molecule has 1 saturated heterocycles. The Bertz CT molecular complexity index is 449. The predicted molar refractivity (Wildman–Crippen MR) is 74.4 cm³/mol. The first kappa shape index (κ1) is 14.8. The maximum Gasteiger partial charge on any atom is 0.226 e. The molecule has 2 fully saturated rings. The summed E-state index contributed by atoms with van der Waals surface area (Å²) in [6, 6.07) is -0.117. The summed E-state index contributed by atoms with van der Waals surface area (Å²) < 4.78 is 23.7. The first-order valence-electron chi connectivity index (χ1n) is 7.10. The molecule has 2 aliphatic rings. The van der Waals surface area contributed by atoms with Crippen LogP contribution in [0.25, 0.3) is 0 Å². The molecule has 0 spiro atoms. The molecule has 0 bridgehead atoms. The van der Waals surface area contributed by atoms with Crippen LogP contribution in [0.3, 0.4) is 0 Å². The molecule has 1 aliphatic carbocycles. The molecule has 2 N–H and O–H groups in total. The van der Waals surface area contributed by atoms with Gasteiger partial charge in [-0.1, -0.05) is 6.42 Å². The lowest BCUT2D eigenvalue weighted by atomic mass is 9.85. The minimum atomic E-state index is -3.04. The fourth-order valence-electron chi connectivity index (χ4n) is 3.17. The van der Waals surface area contributed by atoms with Gasteiger partial charge in [0, 0.05) is 24.5 Å². The van der Waals surface area contributed by atoms with E-state index in [0.29, 0.717) is 6.54 Å². The van der Waals surface area contributed by atoms with Crippen LogP contribution in [-0.2, 0) is 14.6 Å². The SMILES string of the molecule is CC1C(C)S(=O)(=O)CCN1C(=O)C1CCCC(N)C1. The van der Waals surface area contributed by atoms with Crippen LogP contribution in [0.5, 0.6) is 0 Å². The van der Waals surface area contributed by atoms with Crippen molar-refractivity contribution in [1.29, 1.82) is 0 Å². The minimum Gasteiger partial charge on any atom is -0.337 e. The Balaban J connectivity index is 2.07. The van der Waals surface area contributed by atoms with Gasteiger partial charge in [-0.2, -0.15) is 0 Å². The second-order valence-corrected chi connectivity index (χ2v) is 8.45. The highest BCUT2D eigenvalue weighted by Gasteiger charge is 2.40. The second-order valence-electron chi connectivity index (χ2n) is 5.97. The Hall–Kier alpha value is -0.620. The van der Waals surface area contributed by atoms with E-state index in [-0.39, 0.29) is 29.7 Å². The van der Waals surface area contributed by atoms with Crippen LogP contribution in [0, 0.1) is 5.92 Å². The van der Waals surface area contributed by atoms with Crippen LogP contribution in [0.15, 0.2) is 0 Å². The largest absolute Gasteiger partial charge is 0.337 e. The summed E-state index contributed by atoms with van der Waals surface area (Å²) in [6.45, 7) is 3.87. The van der Waals surface area contributed by atoms with Crippen LogP contribution < -0.4 is 5.73 Å². The molecule has 2 rings (SSSR count). The van der Waals surface area contributed by atoms with Crippen LogP contribution in [-0.4, -0.2) is 48.9 Å². The lowest BCUT2D eigenvalue weighted by molar-refractivity contribution is -0.138. The van der Waals surface area contributed by atoms with Crippen molar-refractivity contribution in [3.63, 3.8) is 0 Å². The number of amides is 1. The summed E-state index contributed by atoms with van der Waals surface area (Å²) in [5.41, 5.74) is 5.93. The zero-order chi connectivity index (χ0) is 14.2. The molecular formula is C13H24N2O3S. The van der Waals surface area contributed by atoms with Gasteiger partial charge in [0.2, 0.25) is 5.91 Å². The number of hydrogen-bond donors (Lipinski definition) is 1. The van der Waals surface area contributed by atoms with E-state index >= 15 is 0 Å². The molecule has 1 aliphatic heterocycles. The van der Waals surface area contributed by atoms with Gasteiger partial charge < -0.3 is 10.6 Å². The lowest BCUT2D eigenvalue weighted by Gasteiger charge is -2.40. The predicted octanol–water partition coefficient (Wildman–Crippen LogP) is 0.538. The summed E-state index contributed by atoms with van der Waals surface area (Å²) in [5, 5.41) is -0.470. The molecule has 5 nitrogen and oxygen atoms in total. The van der Waals surface area contributed by atoms with Crippen LogP contribution >= 0.6 is 0 Å². The first-order chi connectivity index (χ1) is 8.83. The van der Waals surface area contributed by atoms with Gasteiger partial charge in [-0.15, -0.1) is 0 Å². The van der Waals surface area contributed by atoms with Crippen molar-refractivity contribution in [1.82, 2.24) is 4.90 Å². The quantitative estimate of drug-likeness (QED) is 0.763. The molecule has 1 amide bonds. The van der Waals surface area contributed by atoms with Gasteiger partial charge in [-0.25, -0.2) is 8.42 Å². The molecule has 0 aromatic rings. The number of nitrogens with two attached hydrogens (primary N) is 1. The lowest BCUT2D eigenvalue weighted by Crippen LogP contribution is -2.56. The molecule has 1 heterocycles. The topological polar surface area (TPSA) is 80.5 Å².